The van der Waals surface area contributed by atoms with Crippen molar-refractivity contribution < 1.29 is 23.4 Å². The van der Waals surface area contributed by atoms with E-state index in [0.29, 0.717) is 11.4 Å². The number of benzene rings is 1. The summed E-state index contributed by atoms with van der Waals surface area (Å²) in [6.07, 6.45) is -0.736. The van der Waals surface area contributed by atoms with E-state index in [1.807, 2.05) is 0 Å². The number of rotatable bonds is 5. The van der Waals surface area contributed by atoms with Crippen LogP contribution in [0.25, 0.3) is 0 Å². The summed E-state index contributed by atoms with van der Waals surface area (Å²) in [5.41, 5.74) is 0.656. The van der Waals surface area contributed by atoms with Crippen LogP contribution in [0.4, 0.5) is 11.4 Å². The molecule has 0 heterocycles. The van der Waals surface area contributed by atoms with Crippen molar-refractivity contribution in [1.82, 2.24) is 0 Å². The van der Waals surface area contributed by atoms with Crippen LogP contribution in [0.5, 0.6) is 0 Å². The van der Waals surface area contributed by atoms with Crippen LogP contribution in [0.1, 0.15) is 6.92 Å². The number of anilines is 2. The second-order valence-corrected chi connectivity index (χ2v) is 5.90. The quantitative estimate of drug-likeness (QED) is 0.567. The third-order valence-electron chi connectivity index (χ3n) is 2.29. The molecular weight excluding hydrogens is 272 g/mol. The predicted octanol–water partition coefficient (Wildman–Crippen LogP) is -0.0566. The fourth-order valence-electron chi connectivity index (χ4n) is 1.27. The molecule has 1 atom stereocenters. The first-order valence-corrected chi connectivity index (χ1v) is 7.33. The van der Waals surface area contributed by atoms with E-state index in [1.54, 1.807) is 12.1 Å². The SMILES string of the molecule is CC(C(=O)Nc1cccc(NS(C)(=O)=O)c1)C(O)O. The molecule has 0 spiro atoms. The second-order valence-electron chi connectivity index (χ2n) is 4.15. The summed E-state index contributed by atoms with van der Waals surface area (Å²) >= 11 is 0. The number of amides is 1. The largest absolute Gasteiger partial charge is 0.367 e. The number of hydrogen-bond acceptors (Lipinski definition) is 5. The molecule has 7 nitrogen and oxygen atoms in total. The minimum atomic E-state index is -3.39. The Morgan fingerprint density at radius 3 is 2.37 bits per heavy atom. The minimum absolute atomic E-state index is 0.303. The first-order valence-electron chi connectivity index (χ1n) is 5.44. The second kappa shape index (κ2) is 6.00. The van der Waals surface area contributed by atoms with Crippen LogP contribution in [-0.4, -0.2) is 37.1 Å². The van der Waals surface area contributed by atoms with Crippen LogP contribution >= 0.6 is 0 Å². The molecule has 1 aromatic rings. The van der Waals surface area contributed by atoms with Gasteiger partial charge >= 0.3 is 0 Å². The molecule has 0 aliphatic carbocycles. The van der Waals surface area contributed by atoms with E-state index in [0.717, 1.165) is 6.26 Å². The van der Waals surface area contributed by atoms with Gasteiger partial charge in [-0.05, 0) is 25.1 Å². The van der Waals surface area contributed by atoms with Crippen molar-refractivity contribution in [3.05, 3.63) is 24.3 Å². The minimum Gasteiger partial charge on any atom is -0.367 e. The highest BCUT2D eigenvalue weighted by atomic mass is 32.2. The van der Waals surface area contributed by atoms with Gasteiger partial charge in [-0.3, -0.25) is 9.52 Å². The molecule has 19 heavy (non-hydrogen) atoms. The summed E-state index contributed by atoms with van der Waals surface area (Å²) in [6, 6.07) is 6.07. The lowest BCUT2D eigenvalue weighted by Gasteiger charge is -2.14. The first-order chi connectivity index (χ1) is 8.69. The number of hydrogen-bond donors (Lipinski definition) is 4. The third-order valence-corrected chi connectivity index (χ3v) is 2.90. The monoisotopic (exact) mass is 288 g/mol. The van der Waals surface area contributed by atoms with E-state index in [2.05, 4.69) is 10.0 Å². The van der Waals surface area contributed by atoms with E-state index in [9.17, 15) is 13.2 Å². The maximum Gasteiger partial charge on any atom is 0.232 e. The average molecular weight is 288 g/mol. The molecule has 0 aromatic heterocycles. The van der Waals surface area contributed by atoms with E-state index in [-0.39, 0.29) is 0 Å². The summed E-state index contributed by atoms with van der Waals surface area (Å²) in [7, 11) is -3.39. The Morgan fingerprint density at radius 2 is 1.84 bits per heavy atom. The number of carbonyl (C=O) groups is 1. The van der Waals surface area contributed by atoms with Crippen LogP contribution in [0.3, 0.4) is 0 Å². The van der Waals surface area contributed by atoms with Crippen molar-refractivity contribution in [2.75, 3.05) is 16.3 Å². The van der Waals surface area contributed by atoms with Crippen molar-refractivity contribution in [3.63, 3.8) is 0 Å². The molecule has 0 saturated heterocycles. The van der Waals surface area contributed by atoms with Gasteiger partial charge in [-0.2, -0.15) is 0 Å². The van der Waals surface area contributed by atoms with Gasteiger partial charge in [0.15, 0.2) is 6.29 Å². The van der Waals surface area contributed by atoms with Gasteiger partial charge in [-0.15, -0.1) is 0 Å². The van der Waals surface area contributed by atoms with Gasteiger partial charge in [-0.25, -0.2) is 8.42 Å². The number of nitrogens with one attached hydrogen (secondary N) is 2. The molecule has 0 aliphatic rings. The van der Waals surface area contributed by atoms with Gasteiger partial charge in [-0.1, -0.05) is 6.07 Å². The van der Waals surface area contributed by atoms with Gasteiger partial charge in [0.2, 0.25) is 15.9 Å². The molecule has 0 aliphatic heterocycles. The summed E-state index contributed by atoms with van der Waals surface area (Å²) in [5, 5.41) is 20.2. The molecular formula is C11H16N2O5S. The molecule has 1 aromatic carbocycles. The van der Waals surface area contributed by atoms with Crippen molar-refractivity contribution >= 4 is 27.3 Å². The normalized spacial score (nSPS) is 13.1. The molecule has 1 amide bonds. The topological polar surface area (TPSA) is 116 Å². The Hall–Kier alpha value is -1.64. The zero-order valence-electron chi connectivity index (χ0n) is 10.5. The lowest BCUT2D eigenvalue weighted by Crippen LogP contribution is -2.30. The molecule has 0 bridgehead atoms. The standard InChI is InChI=1S/C11H16N2O5S/c1-7(11(15)16)10(14)12-8-4-3-5-9(6-8)13-19(2,17)18/h3-7,11,13,15-16H,1-2H3,(H,12,14). The highest BCUT2D eigenvalue weighted by Gasteiger charge is 2.19. The summed E-state index contributed by atoms with van der Waals surface area (Å²) in [4.78, 5) is 11.6. The van der Waals surface area contributed by atoms with Crippen molar-refractivity contribution in [3.8, 4) is 0 Å². The molecule has 106 valence electrons. The Bertz CT molecular complexity index is 556. The van der Waals surface area contributed by atoms with Crippen LogP contribution in [0.15, 0.2) is 24.3 Å². The lowest BCUT2D eigenvalue weighted by atomic mass is 10.1. The van der Waals surface area contributed by atoms with Gasteiger partial charge in [0.1, 0.15) is 0 Å². The van der Waals surface area contributed by atoms with Gasteiger partial charge in [0.25, 0.3) is 0 Å². The molecule has 0 saturated carbocycles. The average Bonchev–Trinajstić information content (AvgIpc) is 2.25. The number of aliphatic hydroxyl groups excluding tert-OH is 1. The fraction of sp³-hybridized carbons (Fsp3) is 0.364. The zero-order chi connectivity index (χ0) is 14.6. The smallest absolute Gasteiger partial charge is 0.232 e. The Morgan fingerprint density at radius 1 is 1.26 bits per heavy atom. The summed E-state index contributed by atoms with van der Waals surface area (Å²) in [5.74, 6) is -1.57. The summed E-state index contributed by atoms with van der Waals surface area (Å²) < 4.78 is 24.4. The van der Waals surface area contributed by atoms with E-state index in [1.165, 1.54) is 19.1 Å². The highest BCUT2D eigenvalue weighted by Crippen LogP contribution is 2.17. The Kier molecular flexibility index (Phi) is 4.87. The Labute approximate surface area is 111 Å². The van der Waals surface area contributed by atoms with Crippen molar-refractivity contribution in [2.24, 2.45) is 5.92 Å². The van der Waals surface area contributed by atoms with Gasteiger partial charge < -0.3 is 15.5 Å². The summed E-state index contributed by atoms with van der Waals surface area (Å²) in [6.45, 7) is 1.36. The van der Waals surface area contributed by atoms with Crippen LogP contribution < -0.4 is 10.0 Å². The predicted molar refractivity (Wildman–Crippen MR) is 70.9 cm³/mol. The van der Waals surface area contributed by atoms with E-state index < -0.39 is 28.1 Å². The van der Waals surface area contributed by atoms with Crippen molar-refractivity contribution in [1.29, 1.82) is 0 Å². The molecule has 4 N–H and O–H groups in total. The molecule has 0 radical (unpaired) electrons. The molecule has 1 rings (SSSR count). The molecule has 1 unspecified atom stereocenters. The zero-order valence-corrected chi connectivity index (χ0v) is 11.3. The van der Waals surface area contributed by atoms with Gasteiger partial charge in [0, 0.05) is 5.69 Å². The van der Waals surface area contributed by atoms with Crippen LogP contribution in [0.2, 0.25) is 0 Å². The number of aliphatic hydroxyl groups is 2. The maximum absolute atomic E-state index is 11.6. The Balaban J connectivity index is 2.80. The lowest BCUT2D eigenvalue weighted by molar-refractivity contribution is -0.134. The van der Waals surface area contributed by atoms with E-state index >= 15 is 0 Å². The number of sulfonamides is 1. The molecule has 0 fully saturated rings. The maximum atomic E-state index is 11.6. The van der Waals surface area contributed by atoms with Crippen molar-refractivity contribution in [2.45, 2.75) is 13.2 Å². The van der Waals surface area contributed by atoms with Gasteiger partial charge in [0.05, 0.1) is 17.9 Å². The fourth-order valence-corrected chi connectivity index (χ4v) is 1.82. The molecule has 8 heteroatoms. The number of carbonyl (C=O) groups excluding carboxylic acids is 1. The van der Waals surface area contributed by atoms with Crippen LogP contribution in [-0.2, 0) is 14.8 Å². The third kappa shape index (κ3) is 5.25. The first kappa shape index (κ1) is 15.4. The highest BCUT2D eigenvalue weighted by molar-refractivity contribution is 7.92. The van der Waals surface area contributed by atoms with Crippen LogP contribution in [0, 0.1) is 5.92 Å². The van der Waals surface area contributed by atoms with E-state index in [4.69, 9.17) is 10.2 Å².